The number of fused-ring (bicyclic) bond motifs is 2. The zero-order valence-corrected chi connectivity index (χ0v) is 35.3. The van der Waals surface area contributed by atoms with E-state index in [4.69, 9.17) is 16.0 Å². The van der Waals surface area contributed by atoms with Gasteiger partial charge in [0.25, 0.3) is 0 Å². The topological polar surface area (TPSA) is 503 Å². The van der Waals surface area contributed by atoms with E-state index in [1.165, 1.54) is 6.92 Å². The molecule has 1 aromatic carbocycles. The van der Waals surface area contributed by atoms with Gasteiger partial charge in [-0.25, -0.2) is 0 Å². The Kier molecular flexibility index (Phi) is 18.0. The molecule has 0 saturated carbocycles. The van der Waals surface area contributed by atoms with Crippen LogP contribution in [0.4, 0.5) is 0 Å². The van der Waals surface area contributed by atoms with Crippen molar-refractivity contribution >= 4 is 51.7 Å². The molecule has 7 amide bonds. The molecule has 29 nitrogen and oxygen atoms in total. The van der Waals surface area contributed by atoms with Gasteiger partial charge in [-0.2, -0.15) is 8.42 Å². The second kappa shape index (κ2) is 21.7. The van der Waals surface area contributed by atoms with E-state index in [1.54, 1.807) is 0 Å². The summed E-state index contributed by atoms with van der Waals surface area (Å²) in [5.41, 5.74) is 10.6. The zero-order chi connectivity index (χ0) is 48.3. The lowest BCUT2D eigenvalue weighted by Gasteiger charge is -2.34. The number of rotatable bonds is 9. The molecule has 0 spiro atoms. The van der Waals surface area contributed by atoms with E-state index >= 15 is 0 Å². The number of aromatic hydroxyl groups is 1. The molecule has 65 heavy (non-hydrogen) atoms. The van der Waals surface area contributed by atoms with E-state index in [-0.39, 0.29) is 5.48 Å². The minimum atomic E-state index is -5.30. The molecule has 1 aromatic rings. The van der Waals surface area contributed by atoms with Gasteiger partial charge in [0, 0.05) is 31.8 Å². The number of aliphatic hydroxyl groups excluding tert-OH is 8. The van der Waals surface area contributed by atoms with Crippen molar-refractivity contribution in [3.05, 3.63) is 23.8 Å². The molecule has 0 radical (unpaired) electrons. The van der Waals surface area contributed by atoms with Crippen LogP contribution in [0.1, 0.15) is 44.8 Å². The van der Waals surface area contributed by atoms with E-state index < -0.39 is 192 Å². The van der Waals surface area contributed by atoms with Crippen molar-refractivity contribution in [3.8, 4) is 11.5 Å². The fourth-order valence-corrected chi connectivity index (χ4v) is 7.77. The van der Waals surface area contributed by atoms with E-state index in [0.29, 0.717) is 15.9 Å². The first kappa shape index (κ1) is 54.0. The van der Waals surface area contributed by atoms with Crippen LogP contribution in [0.15, 0.2) is 18.2 Å². The van der Waals surface area contributed by atoms with Crippen molar-refractivity contribution in [1.82, 2.24) is 31.1 Å². The Labute approximate surface area is 368 Å². The van der Waals surface area contributed by atoms with Crippen molar-refractivity contribution in [3.63, 3.8) is 0 Å². The summed E-state index contributed by atoms with van der Waals surface area (Å²) in [7, 11) is -5.30. The Morgan fingerprint density at radius 1 is 0.846 bits per heavy atom. The number of phenols is 1. The van der Waals surface area contributed by atoms with Crippen molar-refractivity contribution in [2.75, 3.05) is 13.1 Å². The van der Waals surface area contributed by atoms with E-state index in [9.17, 15) is 87.9 Å². The lowest BCUT2D eigenvalue weighted by Crippen LogP contribution is -2.64. The largest absolute Gasteiger partial charge is 0.504 e. The Bertz CT molecular complexity index is 2070. The second-order valence-electron chi connectivity index (χ2n) is 15.8. The van der Waals surface area contributed by atoms with Crippen LogP contribution in [0.3, 0.4) is 0 Å². The number of phenolic OH excluding ortho intramolecular Hbond substituents is 1. The number of nitrogens with two attached hydrogens (primary N) is 2. The van der Waals surface area contributed by atoms with Gasteiger partial charge in [0.2, 0.25) is 41.4 Å². The summed E-state index contributed by atoms with van der Waals surface area (Å²) >= 11 is 0. The number of nitrogens with one attached hydrogen (secondary N) is 4. The van der Waals surface area contributed by atoms with Gasteiger partial charge in [0.1, 0.15) is 48.5 Å². The zero-order valence-electron chi connectivity index (χ0n) is 34.4. The summed E-state index contributed by atoms with van der Waals surface area (Å²) in [6.07, 6.45) is -19.1. The molecule has 3 aliphatic rings. The van der Waals surface area contributed by atoms with E-state index in [1.807, 2.05) is 10.6 Å². The highest BCUT2D eigenvalue weighted by Gasteiger charge is 2.50. The van der Waals surface area contributed by atoms with Crippen LogP contribution < -0.4 is 36.9 Å². The van der Waals surface area contributed by atoms with Crippen molar-refractivity contribution in [2.24, 2.45) is 17.4 Å². The molecule has 0 aromatic heterocycles. The summed E-state index contributed by atoms with van der Waals surface area (Å²) in [4.78, 5) is 96.6. The van der Waals surface area contributed by atoms with Crippen LogP contribution in [0.2, 0.25) is 0 Å². The molecule has 15 atom stereocenters. The van der Waals surface area contributed by atoms with Gasteiger partial charge in [0.05, 0.1) is 36.9 Å². The third-order valence-electron chi connectivity index (χ3n) is 10.8. The second-order valence-corrected chi connectivity index (χ2v) is 16.8. The van der Waals surface area contributed by atoms with Gasteiger partial charge >= 0.3 is 10.4 Å². The van der Waals surface area contributed by atoms with Crippen LogP contribution in [0.25, 0.3) is 0 Å². The van der Waals surface area contributed by atoms with Crippen molar-refractivity contribution in [1.29, 1.82) is 0 Å². The molecule has 20 N–H and O–H groups in total. The molecule has 3 fully saturated rings. The number of aliphatic hydroxyl groups is 8. The van der Waals surface area contributed by atoms with Gasteiger partial charge in [-0.3, -0.25) is 38.1 Å². The van der Waals surface area contributed by atoms with Crippen LogP contribution in [0, 0.1) is 5.92 Å². The maximum absolute atomic E-state index is 14.3. The predicted molar refractivity (Wildman–Crippen MR) is 212 cm³/mol. The number of primary amides is 1. The first-order chi connectivity index (χ1) is 29.6. The lowest BCUT2D eigenvalue weighted by atomic mass is 9.96. The van der Waals surface area contributed by atoms with E-state index in [2.05, 4.69) is 14.8 Å². The number of carbonyl (C=O) groups excluding carboxylic acids is 7. The van der Waals surface area contributed by atoms with Crippen LogP contribution in [0.5, 0.6) is 11.5 Å². The predicted octanol–water partition coefficient (Wildman–Crippen LogP) is -10.1. The van der Waals surface area contributed by atoms with Gasteiger partial charge < -0.3 is 98.2 Å². The first-order valence-electron chi connectivity index (χ1n) is 19.4. The average molecular weight is 955 g/mol. The smallest absolute Gasteiger partial charge is 0.446 e. The van der Waals surface area contributed by atoms with E-state index in [0.717, 1.165) is 19.1 Å². The maximum atomic E-state index is 14.3. The Hall–Kier alpha value is -5.38. The molecule has 15 unspecified atom stereocenters. The van der Waals surface area contributed by atoms with Crippen LogP contribution in [-0.4, -0.2) is 208 Å². The van der Waals surface area contributed by atoms with Gasteiger partial charge in [-0.15, -0.1) is 0 Å². The highest BCUT2D eigenvalue weighted by atomic mass is 32.3. The van der Waals surface area contributed by atoms with Crippen molar-refractivity contribution < 1.29 is 102 Å². The molecule has 0 bridgehead atoms. The quantitative estimate of drug-likeness (QED) is 0.102. The lowest BCUT2D eigenvalue weighted by molar-refractivity contribution is -0.149. The highest BCUT2D eigenvalue weighted by molar-refractivity contribution is 7.81. The monoisotopic (exact) mass is 954 g/mol. The third-order valence-corrected chi connectivity index (χ3v) is 11.2. The number of benzene rings is 1. The SMILES string of the molecule is CC(O)C1NC(=O)C(N)CC(O)C(O)NC(=O)C2C(O)C(C)CN2C(=O)C(C(O)CC(N)=O)NC(=O)C(C(O)C(O)c2ccc(O)c(OS(=O)(=O)O)c2)NC(=O)C2CC(O)CN2C1=O.O. The molecule has 3 heterocycles. The van der Waals surface area contributed by atoms with Gasteiger partial charge in [-0.1, -0.05) is 13.0 Å². The minimum absolute atomic E-state index is 0. The molecule has 30 heteroatoms. The summed E-state index contributed by atoms with van der Waals surface area (Å²) in [6, 6.07) is -10.2. The Morgan fingerprint density at radius 3 is 2.02 bits per heavy atom. The molecule has 4 rings (SSSR count). The molecule has 0 aliphatic carbocycles. The summed E-state index contributed by atoms with van der Waals surface area (Å²) in [5.74, 6) is -12.4. The normalized spacial score (nSPS) is 31.9. The summed E-state index contributed by atoms with van der Waals surface area (Å²) < 4.78 is 36.2. The highest BCUT2D eigenvalue weighted by Crippen LogP contribution is 2.32. The molecule has 366 valence electrons. The standard InChI is InChI=1S/C35H52N8O20S.H2O/c1-11-9-43-25(26(11)50)33(57)41-31(55)19(48)7-15(36)29(53)38-22(12(2)44)34(58)42-10-14(45)6-16(42)30(54)40-24(32(56)39-23(35(43)59)18(47)8-21(37)49)28(52)27(51)13-3-4-17(46)20(5-13)63-64(60,61)62;/h3-5,11-12,14-16,18-19,22-28,31,44-48,50-52,55H,6-10,36H2,1-2H3,(H2,37,49)(H,38,53)(H,39,56)(H,40,54)(H,41,57)(H,60,61,62);1H2. The number of hydrogen-bond donors (Lipinski definition) is 16. The Morgan fingerprint density at radius 2 is 1.43 bits per heavy atom. The minimum Gasteiger partial charge on any atom is -0.504 e. The number of nitrogens with zero attached hydrogens (tertiary/aromatic N) is 2. The Balaban J connectivity index is 0.0000112. The molecular formula is C35H54N8O21S. The molecular weight excluding hydrogens is 900 g/mol. The molecule has 3 saturated heterocycles. The summed E-state index contributed by atoms with van der Waals surface area (Å²) in [5, 5.41) is 106. The number of hydrogen-bond acceptors (Lipinski definition) is 20. The molecule has 3 aliphatic heterocycles. The van der Waals surface area contributed by atoms with Crippen LogP contribution in [-0.2, 0) is 44.0 Å². The number of amides is 7. The van der Waals surface area contributed by atoms with Crippen molar-refractivity contribution in [2.45, 2.75) is 118 Å². The van der Waals surface area contributed by atoms with Gasteiger partial charge in [-0.05, 0) is 24.6 Å². The number of carbonyl (C=O) groups is 7. The third kappa shape index (κ3) is 12.9. The first-order valence-corrected chi connectivity index (χ1v) is 20.8. The summed E-state index contributed by atoms with van der Waals surface area (Å²) in [6.45, 7) is 1.26. The average Bonchev–Trinajstić information content (AvgIpc) is 3.74. The van der Waals surface area contributed by atoms with Gasteiger partial charge in [0.15, 0.2) is 17.7 Å². The van der Waals surface area contributed by atoms with Crippen LogP contribution >= 0.6 is 0 Å². The maximum Gasteiger partial charge on any atom is 0.446 e. The fraction of sp³-hybridized carbons (Fsp3) is 0.629. The fourth-order valence-electron chi connectivity index (χ4n) is 7.41.